The van der Waals surface area contributed by atoms with E-state index in [1.165, 1.54) is 24.8 Å². The molecule has 2 rings (SSSR count). The van der Waals surface area contributed by atoms with Gasteiger partial charge in [-0.05, 0) is 31.9 Å². The zero-order valence-corrected chi connectivity index (χ0v) is 11.9. The van der Waals surface area contributed by atoms with Crippen molar-refractivity contribution in [2.75, 3.05) is 33.3 Å². The lowest BCUT2D eigenvalue weighted by Gasteiger charge is -2.29. The minimum Gasteiger partial charge on any atom is -0.377 e. The summed E-state index contributed by atoms with van der Waals surface area (Å²) in [4.78, 5) is 2.36. The Labute approximate surface area is 116 Å². The average molecular weight is 262 g/mol. The van der Waals surface area contributed by atoms with E-state index in [9.17, 15) is 0 Å². The van der Waals surface area contributed by atoms with Crippen LogP contribution in [0.5, 0.6) is 0 Å². The normalized spacial score (nSPS) is 21.5. The zero-order chi connectivity index (χ0) is 13.5. The minimum absolute atomic E-state index is 0.410. The first-order valence-electron chi connectivity index (χ1n) is 7.34. The number of benzene rings is 1. The van der Waals surface area contributed by atoms with Crippen molar-refractivity contribution in [1.29, 1.82) is 0 Å². The molecule has 3 nitrogen and oxygen atoms in total. The Morgan fingerprint density at radius 1 is 1.32 bits per heavy atom. The summed E-state index contributed by atoms with van der Waals surface area (Å²) >= 11 is 0. The number of nitrogens with zero attached hydrogens (tertiary/aromatic N) is 1. The number of likely N-dealkylation sites (N-methyl/N-ethyl adjacent to an activating group) is 1. The van der Waals surface area contributed by atoms with Gasteiger partial charge < -0.3 is 15.4 Å². The van der Waals surface area contributed by atoms with Crippen molar-refractivity contribution < 1.29 is 4.74 Å². The number of rotatable bonds is 6. The zero-order valence-electron chi connectivity index (χ0n) is 11.9. The van der Waals surface area contributed by atoms with Crippen LogP contribution < -0.4 is 5.73 Å². The Balaban J connectivity index is 1.84. The highest BCUT2D eigenvalue weighted by Gasteiger charge is 2.18. The minimum atomic E-state index is 0.410. The summed E-state index contributed by atoms with van der Waals surface area (Å²) in [6, 6.07) is 10.6. The van der Waals surface area contributed by atoms with Crippen molar-refractivity contribution in [3.8, 4) is 0 Å². The predicted octanol–water partition coefficient (Wildman–Crippen LogP) is 2.23. The van der Waals surface area contributed by atoms with Gasteiger partial charge in [0, 0.05) is 32.2 Å². The summed E-state index contributed by atoms with van der Waals surface area (Å²) < 4.78 is 5.80. The van der Waals surface area contributed by atoms with Gasteiger partial charge in [0.2, 0.25) is 0 Å². The molecular weight excluding hydrogens is 236 g/mol. The van der Waals surface area contributed by atoms with E-state index in [0.29, 0.717) is 18.6 Å². The van der Waals surface area contributed by atoms with E-state index < -0.39 is 0 Å². The van der Waals surface area contributed by atoms with Crippen molar-refractivity contribution in [3.05, 3.63) is 35.9 Å². The van der Waals surface area contributed by atoms with Crippen LogP contribution in [0.2, 0.25) is 0 Å². The van der Waals surface area contributed by atoms with Crippen LogP contribution in [0.15, 0.2) is 30.3 Å². The molecule has 0 saturated carbocycles. The second kappa shape index (κ2) is 7.63. The highest BCUT2D eigenvalue weighted by molar-refractivity contribution is 5.20. The van der Waals surface area contributed by atoms with E-state index in [4.69, 9.17) is 10.5 Å². The molecule has 2 unspecified atom stereocenters. The van der Waals surface area contributed by atoms with Gasteiger partial charge in [-0.25, -0.2) is 0 Å². The van der Waals surface area contributed by atoms with Crippen LogP contribution in [0.3, 0.4) is 0 Å². The quantitative estimate of drug-likeness (QED) is 0.854. The molecule has 1 fully saturated rings. The van der Waals surface area contributed by atoms with Gasteiger partial charge >= 0.3 is 0 Å². The van der Waals surface area contributed by atoms with E-state index >= 15 is 0 Å². The van der Waals surface area contributed by atoms with Gasteiger partial charge in [-0.2, -0.15) is 0 Å². The Hall–Kier alpha value is -0.900. The lowest BCUT2D eigenvalue weighted by molar-refractivity contribution is -0.00212. The fourth-order valence-electron chi connectivity index (χ4n) is 2.79. The number of hydrogen-bond donors (Lipinski definition) is 1. The van der Waals surface area contributed by atoms with Crippen LogP contribution in [-0.4, -0.2) is 44.3 Å². The van der Waals surface area contributed by atoms with Crippen molar-refractivity contribution in [2.24, 2.45) is 5.73 Å². The SMILES string of the molecule is CN(CC1CCCCO1)CC(CN)c1ccccc1. The molecule has 106 valence electrons. The van der Waals surface area contributed by atoms with E-state index in [1.807, 2.05) is 0 Å². The third-order valence-electron chi connectivity index (χ3n) is 3.88. The maximum absolute atomic E-state index is 5.93. The summed E-state index contributed by atoms with van der Waals surface area (Å²) in [5.41, 5.74) is 7.26. The lowest BCUT2D eigenvalue weighted by Crippen LogP contribution is -2.37. The molecule has 2 N–H and O–H groups in total. The van der Waals surface area contributed by atoms with E-state index in [0.717, 1.165) is 19.7 Å². The number of nitrogens with two attached hydrogens (primary N) is 1. The van der Waals surface area contributed by atoms with Crippen LogP contribution >= 0.6 is 0 Å². The molecule has 1 heterocycles. The molecule has 0 spiro atoms. The molecule has 3 heteroatoms. The third-order valence-corrected chi connectivity index (χ3v) is 3.88. The summed E-state index contributed by atoms with van der Waals surface area (Å²) in [5, 5.41) is 0. The van der Waals surface area contributed by atoms with Gasteiger partial charge in [0.25, 0.3) is 0 Å². The highest BCUT2D eigenvalue weighted by atomic mass is 16.5. The molecule has 1 aliphatic heterocycles. The Bertz CT molecular complexity index is 349. The molecule has 0 bridgehead atoms. The molecule has 0 aliphatic carbocycles. The fraction of sp³-hybridized carbons (Fsp3) is 0.625. The van der Waals surface area contributed by atoms with Crippen LogP contribution in [-0.2, 0) is 4.74 Å². The molecule has 1 aromatic rings. The number of ether oxygens (including phenoxy) is 1. The van der Waals surface area contributed by atoms with Gasteiger partial charge in [-0.3, -0.25) is 0 Å². The average Bonchev–Trinajstić information content (AvgIpc) is 2.47. The molecule has 19 heavy (non-hydrogen) atoms. The Morgan fingerprint density at radius 3 is 2.74 bits per heavy atom. The number of hydrogen-bond acceptors (Lipinski definition) is 3. The molecule has 0 amide bonds. The molecule has 1 aliphatic rings. The topological polar surface area (TPSA) is 38.5 Å². The van der Waals surface area contributed by atoms with Gasteiger partial charge in [0.1, 0.15) is 0 Å². The molecule has 2 atom stereocenters. The molecule has 0 radical (unpaired) electrons. The Morgan fingerprint density at radius 2 is 2.11 bits per heavy atom. The van der Waals surface area contributed by atoms with Gasteiger partial charge in [-0.1, -0.05) is 30.3 Å². The maximum atomic E-state index is 5.93. The van der Waals surface area contributed by atoms with Crippen LogP contribution in [0.4, 0.5) is 0 Å². The van der Waals surface area contributed by atoms with E-state index in [1.54, 1.807) is 0 Å². The standard InChI is InChI=1S/C16H26N2O/c1-18(13-16-9-5-6-10-19-16)12-15(11-17)14-7-3-2-4-8-14/h2-4,7-8,15-16H,5-6,9-13,17H2,1H3. The van der Waals surface area contributed by atoms with Crippen molar-refractivity contribution >= 4 is 0 Å². The monoisotopic (exact) mass is 262 g/mol. The second-order valence-electron chi connectivity index (χ2n) is 5.55. The molecular formula is C16H26N2O. The first kappa shape index (κ1) is 14.5. The van der Waals surface area contributed by atoms with Crippen LogP contribution in [0.1, 0.15) is 30.7 Å². The lowest BCUT2D eigenvalue weighted by atomic mass is 9.98. The van der Waals surface area contributed by atoms with Crippen molar-refractivity contribution in [1.82, 2.24) is 4.90 Å². The maximum Gasteiger partial charge on any atom is 0.0701 e. The smallest absolute Gasteiger partial charge is 0.0701 e. The van der Waals surface area contributed by atoms with E-state index in [2.05, 4.69) is 42.3 Å². The second-order valence-corrected chi connectivity index (χ2v) is 5.55. The van der Waals surface area contributed by atoms with Crippen LogP contribution in [0.25, 0.3) is 0 Å². The molecule has 1 saturated heterocycles. The first-order chi connectivity index (χ1) is 9.29. The molecule has 0 aromatic heterocycles. The first-order valence-corrected chi connectivity index (χ1v) is 7.34. The summed E-state index contributed by atoms with van der Waals surface area (Å²) in [6.07, 6.45) is 4.13. The summed E-state index contributed by atoms with van der Waals surface area (Å²) in [7, 11) is 2.17. The largest absolute Gasteiger partial charge is 0.377 e. The van der Waals surface area contributed by atoms with Gasteiger partial charge in [-0.15, -0.1) is 0 Å². The van der Waals surface area contributed by atoms with Gasteiger partial charge in [0.05, 0.1) is 6.10 Å². The van der Waals surface area contributed by atoms with E-state index in [-0.39, 0.29) is 0 Å². The van der Waals surface area contributed by atoms with Gasteiger partial charge in [0.15, 0.2) is 0 Å². The third kappa shape index (κ3) is 4.60. The molecule has 1 aromatic carbocycles. The summed E-state index contributed by atoms with van der Waals surface area (Å²) in [5.74, 6) is 0.412. The Kier molecular flexibility index (Phi) is 5.83. The predicted molar refractivity (Wildman–Crippen MR) is 79.3 cm³/mol. The highest BCUT2D eigenvalue weighted by Crippen LogP contribution is 2.17. The van der Waals surface area contributed by atoms with Crippen molar-refractivity contribution in [2.45, 2.75) is 31.3 Å². The van der Waals surface area contributed by atoms with Crippen LogP contribution in [0, 0.1) is 0 Å². The fourth-order valence-corrected chi connectivity index (χ4v) is 2.79. The summed E-state index contributed by atoms with van der Waals surface area (Å²) in [6.45, 7) is 3.64. The van der Waals surface area contributed by atoms with Crippen molar-refractivity contribution in [3.63, 3.8) is 0 Å².